The average molecular weight is 280 g/mol. The van der Waals surface area contributed by atoms with Crippen LogP contribution in [0.1, 0.15) is 26.7 Å². The van der Waals surface area contributed by atoms with E-state index in [4.69, 9.17) is 9.84 Å². The van der Waals surface area contributed by atoms with Crippen molar-refractivity contribution in [2.24, 2.45) is 5.41 Å². The third-order valence-corrected chi connectivity index (χ3v) is 3.09. The van der Waals surface area contributed by atoms with Gasteiger partial charge in [-0.15, -0.1) is 0 Å². The number of aliphatic hydroxyl groups is 1. The Morgan fingerprint density at radius 1 is 1.30 bits per heavy atom. The summed E-state index contributed by atoms with van der Waals surface area (Å²) in [5.41, 5.74) is 0.691. The molecule has 0 aliphatic carbocycles. The number of anilines is 1. The van der Waals surface area contributed by atoms with Crippen molar-refractivity contribution in [1.82, 2.24) is 5.32 Å². The zero-order chi connectivity index (χ0) is 15.0. The van der Waals surface area contributed by atoms with E-state index < -0.39 is 0 Å². The minimum atomic E-state index is -0.229. The fourth-order valence-corrected chi connectivity index (χ4v) is 1.82. The third-order valence-electron chi connectivity index (χ3n) is 3.09. The number of urea groups is 1. The number of hydrogen-bond acceptors (Lipinski definition) is 3. The first-order valence-electron chi connectivity index (χ1n) is 6.76. The SMILES string of the molecule is COc1ccc(NC(=O)NCC(C)(C)CCCO)cc1. The van der Waals surface area contributed by atoms with Crippen LogP contribution < -0.4 is 15.4 Å². The first-order valence-corrected chi connectivity index (χ1v) is 6.76. The van der Waals surface area contributed by atoms with Crippen LogP contribution in [0.3, 0.4) is 0 Å². The highest BCUT2D eigenvalue weighted by Gasteiger charge is 2.18. The van der Waals surface area contributed by atoms with Crippen LogP contribution in [0.4, 0.5) is 10.5 Å². The zero-order valence-corrected chi connectivity index (χ0v) is 12.4. The molecular weight excluding hydrogens is 256 g/mol. The molecule has 0 heterocycles. The van der Waals surface area contributed by atoms with Gasteiger partial charge in [0.05, 0.1) is 7.11 Å². The summed E-state index contributed by atoms with van der Waals surface area (Å²) in [6.07, 6.45) is 1.61. The minimum absolute atomic E-state index is 0.0278. The molecule has 0 aliphatic heterocycles. The summed E-state index contributed by atoms with van der Waals surface area (Å²) >= 11 is 0. The molecule has 0 fully saturated rings. The molecular formula is C15H24N2O3. The lowest BCUT2D eigenvalue weighted by Gasteiger charge is -2.24. The van der Waals surface area contributed by atoms with Crippen LogP contribution >= 0.6 is 0 Å². The van der Waals surface area contributed by atoms with Crippen molar-refractivity contribution in [2.75, 3.05) is 25.6 Å². The van der Waals surface area contributed by atoms with Crippen LogP contribution in [0.15, 0.2) is 24.3 Å². The van der Waals surface area contributed by atoms with Crippen molar-refractivity contribution in [3.05, 3.63) is 24.3 Å². The van der Waals surface area contributed by atoms with E-state index in [0.29, 0.717) is 6.54 Å². The van der Waals surface area contributed by atoms with Gasteiger partial charge in [-0.3, -0.25) is 0 Å². The molecule has 0 bridgehead atoms. The molecule has 112 valence electrons. The van der Waals surface area contributed by atoms with Gasteiger partial charge in [-0.05, 0) is 42.5 Å². The second kappa shape index (κ2) is 7.75. The molecule has 0 saturated carbocycles. The fourth-order valence-electron chi connectivity index (χ4n) is 1.82. The van der Waals surface area contributed by atoms with E-state index >= 15 is 0 Å². The van der Waals surface area contributed by atoms with Crippen molar-refractivity contribution in [2.45, 2.75) is 26.7 Å². The lowest BCUT2D eigenvalue weighted by molar-refractivity contribution is 0.227. The summed E-state index contributed by atoms with van der Waals surface area (Å²) in [7, 11) is 1.60. The lowest BCUT2D eigenvalue weighted by Crippen LogP contribution is -2.36. The number of benzene rings is 1. The number of aliphatic hydroxyl groups excluding tert-OH is 1. The number of methoxy groups -OCH3 is 1. The van der Waals surface area contributed by atoms with E-state index in [-0.39, 0.29) is 18.1 Å². The van der Waals surface area contributed by atoms with E-state index in [0.717, 1.165) is 24.3 Å². The molecule has 0 unspecified atom stereocenters. The standard InChI is InChI=1S/C15H24N2O3/c1-15(2,9-4-10-18)11-16-14(19)17-12-5-7-13(20-3)8-6-12/h5-8,18H,4,9-11H2,1-3H3,(H2,16,17,19). The van der Waals surface area contributed by atoms with Crippen molar-refractivity contribution in [3.63, 3.8) is 0 Å². The van der Waals surface area contributed by atoms with Gasteiger partial charge in [-0.2, -0.15) is 0 Å². The maximum atomic E-state index is 11.8. The molecule has 5 nitrogen and oxygen atoms in total. The predicted octanol–water partition coefficient (Wildman–Crippen LogP) is 2.62. The maximum Gasteiger partial charge on any atom is 0.319 e. The van der Waals surface area contributed by atoms with Crippen molar-refractivity contribution in [3.8, 4) is 5.75 Å². The Labute approximate surface area is 120 Å². The van der Waals surface area contributed by atoms with Crippen LogP contribution in [-0.2, 0) is 0 Å². The second-order valence-electron chi connectivity index (χ2n) is 5.53. The van der Waals surface area contributed by atoms with Crippen LogP contribution in [0.5, 0.6) is 5.75 Å². The number of nitrogens with one attached hydrogen (secondary N) is 2. The van der Waals surface area contributed by atoms with Crippen LogP contribution in [0.25, 0.3) is 0 Å². The molecule has 2 amide bonds. The van der Waals surface area contributed by atoms with Crippen LogP contribution in [0.2, 0.25) is 0 Å². The fraction of sp³-hybridized carbons (Fsp3) is 0.533. The number of hydrogen-bond donors (Lipinski definition) is 3. The molecule has 1 aromatic rings. The van der Waals surface area contributed by atoms with Gasteiger partial charge in [-0.25, -0.2) is 4.79 Å². The van der Waals surface area contributed by atoms with E-state index in [9.17, 15) is 4.79 Å². The smallest absolute Gasteiger partial charge is 0.319 e. The van der Waals surface area contributed by atoms with Crippen molar-refractivity contribution in [1.29, 1.82) is 0 Å². The number of carbonyl (C=O) groups is 1. The summed E-state index contributed by atoms with van der Waals surface area (Å²) in [6.45, 7) is 4.88. The van der Waals surface area contributed by atoms with Gasteiger partial charge >= 0.3 is 6.03 Å². The number of amides is 2. The quantitative estimate of drug-likeness (QED) is 0.719. The monoisotopic (exact) mass is 280 g/mol. The summed E-state index contributed by atoms with van der Waals surface area (Å²) in [5, 5.41) is 14.4. The van der Waals surface area contributed by atoms with Crippen LogP contribution in [0, 0.1) is 5.41 Å². The van der Waals surface area contributed by atoms with Gasteiger partial charge in [0, 0.05) is 18.8 Å². The average Bonchev–Trinajstić information content (AvgIpc) is 2.44. The van der Waals surface area contributed by atoms with E-state index in [2.05, 4.69) is 24.5 Å². The van der Waals surface area contributed by atoms with Gasteiger partial charge in [0.15, 0.2) is 0 Å². The van der Waals surface area contributed by atoms with E-state index in [1.165, 1.54) is 0 Å². The molecule has 20 heavy (non-hydrogen) atoms. The van der Waals surface area contributed by atoms with Crippen molar-refractivity contribution < 1.29 is 14.6 Å². The van der Waals surface area contributed by atoms with E-state index in [1.54, 1.807) is 31.4 Å². The Hall–Kier alpha value is -1.75. The number of carbonyl (C=O) groups excluding carboxylic acids is 1. The predicted molar refractivity (Wildman–Crippen MR) is 80.1 cm³/mol. The third kappa shape index (κ3) is 5.93. The highest BCUT2D eigenvalue weighted by molar-refractivity contribution is 5.89. The molecule has 3 N–H and O–H groups in total. The molecule has 0 saturated heterocycles. The van der Waals surface area contributed by atoms with Gasteiger partial charge in [-0.1, -0.05) is 13.8 Å². The van der Waals surface area contributed by atoms with Crippen LogP contribution in [-0.4, -0.2) is 31.4 Å². The Kier molecular flexibility index (Phi) is 6.31. The summed E-state index contributed by atoms with van der Waals surface area (Å²) in [4.78, 5) is 11.8. The van der Waals surface area contributed by atoms with Crippen molar-refractivity contribution >= 4 is 11.7 Å². The normalized spacial score (nSPS) is 11.0. The Balaban J connectivity index is 2.39. The Morgan fingerprint density at radius 3 is 2.50 bits per heavy atom. The zero-order valence-electron chi connectivity index (χ0n) is 12.4. The summed E-state index contributed by atoms with van der Waals surface area (Å²) in [6, 6.07) is 6.93. The number of ether oxygens (including phenoxy) is 1. The highest BCUT2D eigenvalue weighted by Crippen LogP contribution is 2.21. The molecule has 0 spiro atoms. The Bertz CT molecular complexity index is 416. The van der Waals surface area contributed by atoms with Gasteiger partial charge < -0.3 is 20.5 Å². The highest BCUT2D eigenvalue weighted by atomic mass is 16.5. The molecule has 1 rings (SSSR count). The first-order chi connectivity index (χ1) is 9.46. The molecule has 5 heteroatoms. The molecule has 0 aliphatic rings. The van der Waals surface area contributed by atoms with E-state index in [1.807, 2.05) is 0 Å². The molecule has 0 atom stereocenters. The largest absolute Gasteiger partial charge is 0.497 e. The summed E-state index contributed by atoms with van der Waals surface area (Å²) in [5.74, 6) is 0.751. The number of rotatable bonds is 7. The molecule has 0 aromatic heterocycles. The van der Waals surface area contributed by atoms with Gasteiger partial charge in [0.1, 0.15) is 5.75 Å². The maximum absolute atomic E-state index is 11.8. The molecule has 0 radical (unpaired) electrons. The van der Waals surface area contributed by atoms with Gasteiger partial charge in [0.2, 0.25) is 0 Å². The lowest BCUT2D eigenvalue weighted by atomic mass is 9.88. The summed E-state index contributed by atoms with van der Waals surface area (Å²) < 4.78 is 5.06. The second-order valence-corrected chi connectivity index (χ2v) is 5.53. The first kappa shape index (κ1) is 16.3. The Morgan fingerprint density at radius 2 is 1.95 bits per heavy atom. The minimum Gasteiger partial charge on any atom is -0.497 e. The van der Waals surface area contributed by atoms with Gasteiger partial charge in [0.25, 0.3) is 0 Å². The molecule has 1 aromatic carbocycles. The topological polar surface area (TPSA) is 70.6 Å².